The van der Waals surface area contributed by atoms with E-state index in [0.29, 0.717) is 84.8 Å². The smallest absolute Gasteiger partial charge is 0.222 e. The van der Waals surface area contributed by atoms with Crippen LogP contribution in [0.25, 0.3) is 0 Å². The van der Waals surface area contributed by atoms with Crippen LogP contribution in [-0.2, 0) is 28.5 Å². The molecule has 0 spiro atoms. The number of nitriles is 1. The molecule has 1 unspecified atom stereocenters. The van der Waals surface area contributed by atoms with Crippen LogP contribution in [0.2, 0.25) is 0 Å². The van der Waals surface area contributed by atoms with E-state index < -0.39 is 4.93 Å². The molecule has 0 aromatic heterocycles. The summed E-state index contributed by atoms with van der Waals surface area (Å²) < 4.78 is 27.9. The van der Waals surface area contributed by atoms with E-state index in [2.05, 4.69) is 42.9 Å². The highest BCUT2D eigenvalue weighted by atomic mass is 32.2. The first kappa shape index (κ1) is 33.8. The van der Waals surface area contributed by atoms with Gasteiger partial charge in [-0.1, -0.05) is 32.9 Å². The predicted molar refractivity (Wildman–Crippen MR) is 140 cm³/mol. The molecule has 0 saturated carbocycles. The average Bonchev–Trinajstić information content (AvgIpc) is 2.82. The Morgan fingerprint density at radius 1 is 0.971 bits per heavy atom. The summed E-state index contributed by atoms with van der Waals surface area (Å²) in [5, 5.41) is 17.3. The monoisotopic (exact) mass is 517 g/mol. The van der Waals surface area contributed by atoms with Crippen LogP contribution in [0.3, 0.4) is 0 Å². The molecule has 0 aliphatic rings. The van der Waals surface area contributed by atoms with E-state index in [9.17, 15) is 4.79 Å². The molecule has 10 heteroatoms. The molecule has 0 bridgehead atoms. The summed E-state index contributed by atoms with van der Waals surface area (Å²) in [6.07, 6.45) is 6.04. The molecule has 0 aliphatic carbocycles. The molecule has 0 rings (SSSR count). The summed E-state index contributed by atoms with van der Waals surface area (Å²) in [5.74, 6) is 0.449. The van der Waals surface area contributed by atoms with Crippen molar-refractivity contribution < 1.29 is 28.5 Å². The normalized spacial score (nSPS) is 13.3. The van der Waals surface area contributed by atoms with Crippen molar-refractivity contribution in [1.29, 1.82) is 5.26 Å². The van der Waals surface area contributed by atoms with Gasteiger partial charge >= 0.3 is 0 Å². The lowest BCUT2D eigenvalue weighted by molar-refractivity contribution is -0.122. The van der Waals surface area contributed by atoms with Crippen molar-refractivity contribution >= 4 is 17.7 Å². The van der Waals surface area contributed by atoms with Crippen molar-refractivity contribution in [3.05, 3.63) is 12.2 Å². The first-order valence-electron chi connectivity index (χ1n) is 12.6. The van der Waals surface area contributed by atoms with Crippen LogP contribution in [0.15, 0.2) is 12.2 Å². The zero-order valence-corrected chi connectivity index (χ0v) is 23.0. The van der Waals surface area contributed by atoms with Gasteiger partial charge in [-0.25, -0.2) is 0 Å². The minimum absolute atomic E-state index is 0.0294. The number of hydrogen-bond donors (Lipinski definition) is 2. The van der Waals surface area contributed by atoms with Crippen LogP contribution >= 0.6 is 11.8 Å². The molecule has 0 aromatic rings. The van der Waals surface area contributed by atoms with Gasteiger partial charge in [0.25, 0.3) is 0 Å². The Morgan fingerprint density at radius 3 is 2.26 bits per heavy atom. The van der Waals surface area contributed by atoms with Gasteiger partial charge in [-0.3, -0.25) is 4.79 Å². The molecule has 9 nitrogen and oxygen atoms in total. The SMILES string of the molecule is CCCNCCOCCOCCC(C)(OCCOCCOCCC(=O)NC/C=C/C(C)C)SC#N. The Balaban J connectivity index is 3.68. The summed E-state index contributed by atoms with van der Waals surface area (Å²) in [4.78, 5) is 11.0. The zero-order valence-electron chi connectivity index (χ0n) is 22.1. The van der Waals surface area contributed by atoms with Gasteiger partial charge in [-0.2, -0.15) is 5.26 Å². The number of ether oxygens (including phenoxy) is 5. The number of allylic oxidation sites excluding steroid dienone is 1. The molecular formula is C25H47N3O6S. The molecular weight excluding hydrogens is 470 g/mol. The minimum atomic E-state index is -0.655. The molecule has 2 N–H and O–H groups in total. The number of carbonyl (C=O) groups excluding carboxylic acids is 1. The molecule has 204 valence electrons. The van der Waals surface area contributed by atoms with E-state index in [1.165, 1.54) is 0 Å². The van der Waals surface area contributed by atoms with Gasteiger partial charge < -0.3 is 34.3 Å². The van der Waals surface area contributed by atoms with Crippen molar-refractivity contribution in [2.24, 2.45) is 5.92 Å². The number of carbonyl (C=O) groups is 1. The van der Waals surface area contributed by atoms with Gasteiger partial charge in [0, 0.05) is 25.9 Å². The van der Waals surface area contributed by atoms with E-state index in [1.807, 2.05) is 13.0 Å². The first-order valence-corrected chi connectivity index (χ1v) is 13.4. The van der Waals surface area contributed by atoms with Crippen LogP contribution < -0.4 is 10.6 Å². The van der Waals surface area contributed by atoms with Gasteiger partial charge in [0.05, 0.1) is 59.5 Å². The minimum Gasteiger partial charge on any atom is -0.379 e. The first-order chi connectivity index (χ1) is 16.9. The molecule has 0 radical (unpaired) electrons. The van der Waals surface area contributed by atoms with Gasteiger partial charge in [0.15, 0.2) is 0 Å². The highest BCUT2D eigenvalue weighted by Crippen LogP contribution is 2.29. The van der Waals surface area contributed by atoms with Gasteiger partial charge in [-0.05, 0) is 37.6 Å². The van der Waals surface area contributed by atoms with Crippen molar-refractivity contribution in [3.63, 3.8) is 0 Å². The van der Waals surface area contributed by atoms with Gasteiger partial charge in [0.2, 0.25) is 5.91 Å². The molecule has 0 aromatic carbocycles. The quantitative estimate of drug-likeness (QED) is 0.0816. The fourth-order valence-corrected chi connectivity index (χ4v) is 3.20. The number of rotatable bonds is 25. The Morgan fingerprint density at radius 2 is 1.60 bits per heavy atom. The summed E-state index contributed by atoms with van der Waals surface area (Å²) >= 11 is 1.09. The Hall–Kier alpha value is -1.19. The number of hydrogen-bond acceptors (Lipinski definition) is 9. The summed E-state index contributed by atoms with van der Waals surface area (Å²) in [6.45, 7) is 14.8. The van der Waals surface area contributed by atoms with Crippen molar-refractivity contribution in [1.82, 2.24) is 10.6 Å². The van der Waals surface area contributed by atoms with Crippen LogP contribution in [-0.4, -0.2) is 89.9 Å². The Labute approximate surface area is 216 Å². The average molecular weight is 518 g/mol. The molecule has 1 amide bonds. The van der Waals surface area contributed by atoms with Crippen molar-refractivity contribution in [3.8, 4) is 5.40 Å². The summed E-state index contributed by atoms with van der Waals surface area (Å²) in [5.41, 5.74) is 0. The second-order valence-electron chi connectivity index (χ2n) is 8.35. The molecule has 0 fully saturated rings. The third-order valence-electron chi connectivity index (χ3n) is 4.60. The standard InChI is InChI=1S/C25H47N3O6S/c1-5-10-27-12-15-32-18-17-31-14-9-25(4,35-22-26)34-21-20-33-19-16-30-13-8-24(29)28-11-6-7-23(2)3/h6-7,23,27H,5,8-21H2,1-4H3,(H,28,29)/b7-6+. The van der Waals surface area contributed by atoms with E-state index in [0.717, 1.165) is 31.3 Å². The third kappa shape index (κ3) is 24.3. The summed E-state index contributed by atoms with van der Waals surface area (Å²) in [7, 11) is 0. The predicted octanol–water partition coefficient (Wildman–Crippen LogP) is 3.11. The Bertz CT molecular complexity index is 574. The largest absolute Gasteiger partial charge is 0.379 e. The molecule has 35 heavy (non-hydrogen) atoms. The number of thioether (sulfide) groups is 1. The molecule has 1 atom stereocenters. The maximum atomic E-state index is 11.7. The number of nitrogens with one attached hydrogen (secondary N) is 2. The maximum absolute atomic E-state index is 11.7. The zero-order chi connectivity index (χ0) is 26.0. The maximum Gasteiger partial charge on any atom is 0.222 e. The second kappa shape index (κ2) is 24.5. The van der Waals surface area contributed by atoms with E-state index in [4.69, 9.17) is 28.9 Å². The lowest BCUT2D eigenvalue weighted by atomic mass is 10.2. The van der Waals surface area contributed by atoms with Crippen LogP contribution in [0.4, 0.5) is 0 Å². The Kier molecular flexibility index (Phi) is 23.7. The lowest BCUT2D eigenvalue weighted by Gasteiger charge is -2.26. The van der Waals surface area contributed by atoms with Crippen molar-refractivity contribution in [2.75, 3.05) is 79.1 Å². The van der Waals surface area contributed by atoms with E-state index in [-0.39, 0.29) is 5.91 Å². The number of amides is 1. The van der Waals surface area contributed by atoms with E-state index in [1.54, 1.807) is 0 Å². The van der Waals surface area contributed by atoms with Gasteiger partial charge in [0.1, 0.15) is 10.3 Å². The van der Waals surface area contributed by atoms with E-state index >= 15 is 0 Å². The van der Waals surface area contributed by atoms with Crippen LogP contribution in [0.1, 0.15) is 47.0 Å². The molecule has 0 heterocycles. The second-order valence-corrected chi connectivity index (χ2v) is 9.60. The molecule has 0 aliphatic heterocycles. The fraction of sp³-hybridized carbons (Fsp3) is 0.840. The summed E-state index contributed by atoms with van der Waals surface area (Å²) in [6, 6.07) is 0. The molecule has 0 saturated heterocycles. The van der Waals surface area contributed by atoms with Crippen molar-refractivity contribution in [2.45, 2.75) is 51.9 Å². The third-order valence-corrected chi connectivity index (χ3v) is 5.45. The number of nitrogens with zero attached hydrogens (tertiary/aromatic N) is 1. The van der Waals surface area contributed by atoms with Crippen LogP contribution in [0.5, 0.6) is 0 Å². The highest BCUT2D eigenvalue weighted by molar-refractivity contribution is 8.04. The topological polar surface area (TPSA) is 111 Å². The highest BCUT2D eigenvalue weighted by Gasteiger charge is 2.26. The van der Waals surface area contributed by atoms with Crippen LogP contribution in [0, 0.1) is 16.6 Å². The lowest BCUT2D eigenvalue weighted by Crippen LogP contribution is -2.28. The fourth-order valence-electron chi connectivity index (χ4n) is 2.68. The van der Waals surface area contributed by atoms with Gasteiger partial charge in [-0.15, -0.1) is 0 Å². The number of thiocyanates is 1.